The highest BCUT2D eigenvalue weighted by Gasteiger charge is 2.24. The number of thiophene rings is 1. The third-order valence-corrected chi connectivity index (χ3v) is 6.44. The van der Waals surface area contributed by atoms with E-state index in [0.29, 0.717) is 22.8 Å². The molecular weight excluding hydrogens is 346 g/mol. The number of pyridine rings is 1. The van der Waals surface area contributed by atoms with E-state index in [2.05, 4.69) is 28.2 Å². The van der Waals surface area contributed by atoms with Gasteiger partial charge in [0.25, 0.3) is 11.5 Å². The first-order valence-electron chi connectivity index (χ1n) is 9.15. The number of nitrogens with one attached hydrogen (secondary N) is 2. The number of benzene rings is 1. The number of amides is 1. The molecule has 1 aromatic carbocycles. The molecule has 0 aliphatic carbocycles. The third kappa shape index (κ3) is 3.04. The van der Waals surface area contributed by atoms with Crippen LogP contribution in [-0.4, -0.2) is 41.5 Å². The fraction of sp³-hybridized carbons (Fsp3) is 0.400. The van der Waals surface area contributed by atoms with E-state index in [1.165, 1.54) is 17.8 Å². The zero-order valence-corrected chi connectivity index (χ0v) is 15.9. The van der Waals surface area contributed by atoms with Crippen LogP contribution >= 0.6 is 11.3 Å². The van der Waals surface area contributed by atoms with Crippen LogP contribution in [0.4, 0.5) is 0 Å². The Labute approximate surface area is 156 Å². The molecule has 2 N–H and O–H groups in total. The highest BCUT2D eigenvalue weighted by Crippen LogP contribution is 2.30. The minimum absolute atomic E-state index is 0.0886. The summed E-state index contributed by atoms with van der Waals surface area (Å²) in [5.74, 6) is -0.0886. The van der Waals surface area contributed by atoms with Crippen molar-refractivity contribution in [3.8, 4) is 0 Å². The summed E-state index contributed by atoms with van der Waals surface area (Å²) < 4.78 is 0.883. The smallest absolute Gasteiger partial charge is 0.261 e. The van der Waals surface area contributed by atoms with Crippen LogP contribution in [0, 0.1) is 6.92 Å². The van der Waals surface area contributed by atoms with Crippen LogP contribution in [0.3, 0.4) is 0 Å². The topological polar surface area (TPSA) is 65.2 Å². The van der Waals surface area contributed by atoms with Crippen molar-refractivity contribution in [2.45, 2.75) is 32.7 Å². The lowest BCUT2D eigenvalue weighted by molar-refractivity contribution is 0.0945. The Hall–Kier alpha value is -2.18. The van der Waals surface area contributed by atoms with Gasteiger partial charge in [0.1, 0.15) is 0 Å². The van der Waals surface area contributed by atoms with Crippen molar-refractivity contribution in [1.29, 1.82) is 0 Å². The van der Waals surface area contributed by atoms with E-state index in [4.69, 9.17) is 0 Å². The first-order valence-corrected chi connectivity index (χ1v) is 9.97. The highest BCUT2D eigenvalue weighted by molar-refractivity contribution is 7.21. The number of hydrogen-bond acceptors (Lipinski definition) is 4. The number of H-pyrrole nitrogens is 1. The summed E-state index contributed by atoms with van der Waals surface area (Å²) in [4.78, 5) is 30.9. The van der Waals surface area contributed by atoms with Crippen molar-refractivity contribution in [1.82, 2.24) is 15.2 Å². The zero-order chi connectivity index (χ0) is 18.3. The largest absolute Gasteiger partial charge is 0.350 e. The summed E-state index contributed by atoms with van der Waals surface area (Å²) in [7, 11) is 0. The second-order valence-electron chi connectivity index (χ2n) is 6.99. The van der Waals surface area contributed by atoms with Gasteiger partial charge in [-0.2, -0.15) is 0 Å². The molecule has 3 heterocycles. The van der Waals surface area contributed by atoms with Crippen molar-refractivity contribution in [2.75, 3.05) is 19.6 Å². The van der Waals surface area contributed by atoms with Gasteiger partial charge in [-0.3, -0.25) is 14.5 Å². The van der Waals surface area contributed by atoms with Crippen molar-refractivity contribution < 1.29 is 4.79 Å². The van der Waals surface area contributed by atoms with E-state index in [-0.39, 0.29) is 11.5 Å². The molecule has 2 aromatic heterocycles. The molecule has 6 heteroatoms. The van der Waals surface area contributed by atoms with Crippen LogP contribution in [0.5, 0.6) is 0 Å². The SMILES string of the molecule is CCN1CCCC1CNC(=O)c1cc2c(=O)[nH]c3ccc(C)cc3c2s1. The monoisotopic (exact) mass is 369 g/mol. The fourth-order valence-corrected chi connectivity index (χ4v) is 4.96. The minimum atomic E-state index is -0.139. The van der Waals surface area contributed by atoms with Gasteiger partial charge in [-0.15, -0.1) is 11.3 Å². The lowest BCUT2D eigenvalue weighted by Crippen LogP contribution is -2.39. The molecule has 0 radical (unpaired) electrons. The quantitative estimate of drug-likeness (QED) is 0.742. The van der Waals surface area contributed by atoms with Crippen LogP contribution in [0.1, 0.15) is 35.0 Å². The maximum Gasteiger partial charge on any atom is 0.261 e. The molecule has 1 aliphatic heterocycles. The second-order valence-corrected chi connectivity index (χ2v) is 8.04. The van der Waals surface area contributed by atoms with E-state index >= 15 is 0 Å². The van der Waals surface area contributed by atoms with E-state index in [0.717, 1.165) is 40.7 Å². The molecule has 136 valence electrons. The van der Waals surface area contributed by atoms with Gasteiger partial charge in [0.15, 0.2) is 0 Å². The Bertz CT molecular complexity index is 1040. The summed E-state index contributed by atoms with van der Waals surface area (Å²) in [6, 6.07) is 8.10. The molecule has 4 rings (SSSR count). The number of hydrogen-bond donors (Lipinski definition) is 2. The average molecular weight is 369 g/mol. The predicted octanol–water partition coefficient (Wildman–Crippen LogP) is 3.27. The summed E-state index contributed by atoms with van der Waals surface area (Å²) in [6.45, 7) is 6.98. The zero-order valence-electron chi connectivity index (χ0n) is 15.1. The van der Waals surface area contributed by atoms with Gasteiger partial charge in [0, 0.05) is 28.2 Å². The van der Waals surface area contributed by atoms with Crippen molar-refractivity contribution in [3.05, 3.63) is 45.1 Å². The maximum atomic E-state index is 12.6. The Morgan fingerprint density at radius 3 is 3.00 bits per heavy atom. The Kier molecular flexibility index (Phi) is 4.54. The molecule has 26 heavy (non-hydrogen) atoms. The van der Waals surface area contributed by atoms with Gasteiger partial charge in [0.2, 0.25) is 0 Å². The normalized spacial score (nSPS) is 18.0. The van der Waals surface area contributed by atoms with Crippen LogP contribution in [-0.2, 0) is 0 Å². The number of fused-ring (bicyclic) bond motifs is 3. The summed E-state index contributed by atoms with van der Waals surface area (Å²) in [5.41, 5.74) is 1.80. The van der Waals surface area contributed by atoms with Crippen molar-refractivity contribution in [2.24, 2.45) is 0 Å². The Balaban J connectivity index is 1.63. The molecule has 3 aromatic rings. The molecule has 1 saturated heterocycles. The van der Waals surface area contributed by atoms with Gasteiger partial charge in [0.05, 0.1) is 10.3 Å². The number of aromatic nitrogens is 1. The molecule has 1 aliphatic rings. The number of likely N-dealkylation sites (tertiary alicyclic amines) is 1. The van der Waals surface area contributed by atoms with Gasteiger partial charge < -0.3 is 10.3 Å². The number of rotatable bonds is 4. The van der Waals surface area contributed by atoms with E-state index in [9.17, 15) is 9.59 Å². The van der Waals surface area contributed by atoms with Crippen LogP contribution in [0.25, 0.3) is 21.0 Å². The first-order chi connectivity index (χ1) is 12.6. The average Bonchev–Trinajstić information content (AvgIpc) is 3.27. The maximum absolute atomic E-state index is 12.6. The third-order valence-electron chi connectivity index (χ3n) is 5.27. The van der Waals surface area contributed by atoms with E-state index < -0.39 is 0 Å². The van der Waals surface area contributed by atoms with Gasteiger partial charge >= 0.3 is 0 Å². The predicted molar refractivity (Wildman–Crippen MR) is 107 cm³/mol. The van der Waals surface area contributed by atoms with Gasteiger partial charge in [-0.05, 0) is 51.1 Å². The second kappa shape index (κ2) is 6.85. The molecule has 5 nitrogen and oxygen atoms in total. The number of carbonyl (C=O) groups excluding carboxylic acids is 1. The number of nitrogens with zero attached hydrogens (tertiary/aromatic N) is 1. The molecule has 1 fully saturated rings. The summed E-state index contributed by atoms with van der Waals surface area (Å²) in [6.07, 6.45) is 2.32. The molecular formula is C20H23N3O2S. The minimum Gasteiger partial charge on any atom is -0.350 e. The van der Waals surface area contributed by atoms with Crippen LogP contribution in [0.2, 0.25) is 0 Å². The number of likely N-dealkylation sites (N-methyl/N-ethyl adjacent to an activating group) is 1. The number of carbonyl (C=O) groups is 1. The molecule has 1 unspecified atom stereocenters. The Morgan fingerprint density at radius 1 is 1.35 bits per heavy atom. The first kappa shape index (κ1) is 17.2. The highest BCUT2D eigenvalue weighted by atomic mass is 32.1. The van der Waals surface area contributed by atoms with E-state index in [1.807, 2.05) is 19.1 Å². The molecule has 0 saturated carbocycles. The summed E-state index contributed by atoms with van der Waals surface area (Å²) >= 11 is 1.40. The lowest BCUT2D eigenvalue weighted by Gasteiger charge is -2.22. The standard InChI is InChI=1S/C20H23N3O2S/c1-3-23-8-4-5-13(23)11-21-20(25)17-10-15-18(26-17)14-9-12(2)6-7-16(14)22-19(15)24/h6-7,9-10,13H,3-5,8,11H2,1-2H3,(H,21,25)(H,22,24). The number of aryl methyl sites for hydroxylation is 1. The van der Waals surface area contributed by atoms with Crippen molar-refractivity contribution >= 4 is 38.2 Å². The summed E-state index contributed by atoms with van der Waals surface area (Å²) in [5, 5.41) is 4.65. The van der Waals surface area contributed by atoms with Crippen LogP contribution < -0.4 is 10.9 Å². The fourth-order valence-electron chi connectivity index (χ4n) is 3.86. The Morgan fingerprint density at radius 2 is 2.19 bits per heavy atom. The van der Waals surface area contributed by atoms with Gasteiger partial charge in [-0.1, -0.05) is 18.6 Å². The lowest BCUT2D eigenvalue weighted by atomic mass is 10.1. The van der Waals surface area contributed by atoms with E-state index in [1.54, 1.807) is 6.07 Å². The molecule has 1 atom stereocenters. The molecule has 0 spiro atoms. The van der Waals surface area contributed by atoms with Crippen molar-refractivity contribution in [3.63, 3.8) is 0 Å². The van der Waals surface area contributed by atoms with Crippen LogP contribution in [0.15, 0.2) is 29.1 Å². The van der Waals surface area contributed by atoms with Gasteiger partial charge in [-0.25, -0.2) is 0 Å². The number of aromatic amines is 1. The molecule has 0 bridgehead atoms. The molecule has 1 amide bonds.